The molecule has 1 saturated heterocycles. The fraction of sp³-hybridized carbons (Fsp3) is 0.200. The number of anilines is 1. The van der Waals surface area contributed by atoms with Crippen LogP contribution in [0.2, 0.25) is 10.0 Å². The second-order valence-corrected chi connectivity index (χ2v) is 10.2. The number of rotatable bonds is 5. The van der Waals surface area contributed by atoms with Gasteiger partial charge in [0.15, 0.2) is 0 Å². The average molecular weight is 532 g/mol. The molecule has 0 spiro atoms. The number of fused-ring (bicyclic) bond motifs is 5. The molecular formula is C30H23Cl2NO4. The topological polar surface area (TPSA) is 55.8 Å². The van der Waals surface area contributed by atoms with Gasteiger partial charge in [0.05, 0.1) is 36.8 Å². The summed E-state index contributed by atoms with van der Waals surface area (Å²) in [6, 6.07) is 20.6. The molecular weight excluding hydrogens is 509 g/mol. The van der Waals surface area contributed by atoms with Gasteiger partial charge in [-0.25, -0.2) is 4.90 Å². The van der Waals surface area contributed by atoms with Gasteiger partial charge in [-0.05, 0) is 64.7 Å². The quantitative estimate of drug-likeness (QED) is 0.281. The highest BCUT2D eigenvalue weighted by Gasteiger charge is 2.62. The van der Waals surface area contributed by atoms with Gasteiger partial charge < -0.3 is 9.47 Å². The lowest BCUT2D eigenvalue weighted by atomic mass is 9.85. The predicted molar refractivity (Wildman–Crippen MR) is 144 cm³/mol. The van der Waals surface area contributed by atoms with E-state index in [0.717, 1.165) is 33.8 Å². The number of imide groups is 1. The Bertz CT molecular complexity index is 1390. The molecule has 4 atom stereocenters. The molecule has 3 aromatic carbocycles. The van der Waals surface area contributed by atoms with Gasteiger partial charge in [-0.2, -0.15) is 0 Å². The fourth-order valence-electron chi connectivity index (χ4n) is 6.01. The van der Waals surface area contributed by atoms with Gasteiger partial charge in [0.25, 0.3) is 0 Å². The van der Waals surface area contributed by atoms with Crippen LogP contribution in [0, 0.1) is 23.7 Å². The van der Waals surface area contributed by atoms with Crippen LogP contribution in [0.15, 0.2) is 84.5 Å². The number of hydrogen-bond donors (Lipinski definition) is 0. The third kappa shape index (κ3) is 3.68. The lowest BCUT2D eigenvalue weighted by Gasteiger charge is -2.22. The van der Waals surface area contributed by atoms with Crippen molar-refractivity contribution in [1.29, 1.82) is 0 Å². The van der Waals surface area contributed by atoms with Crippen molar-refractivity contribution in [2.24, 2.45) is 23.7 Å². The molecule has 2 amide bonds. The largest absolute Gasteiger partial charge is 0.497 e. The standard InChI is InChI=1S/C30H23Cl2NO4/c1-36-19-8-3-16(4-9-19)25(17-5-10-20(37-2)11-6-17)26-21-12-13-22(26)28-27(21)29(34)33(30(28)35)24-14-7-18(31)15-23(24)32/h3-15,21-22,27-28H,1-2H3/t21-,22-,27-,28-/m1/s1. The lowest BCUT2D eigenvalue weighted by Crippen LogP contribution is -2.33. The summed E-state index contributed by atoms with van der Waals surface area (Å²) in [6.45, 7) is 0. The SMILES string of the molecule is COc1ccc(C(=C2[C@H]3C=C[C@H]2[C@H]2C(=O)N(c4ccc(Cl)cc4Cl)C(=O)[C@@H]23)c2ccc(OC)cc2)cc1. The first-order chi connectivity index (χ1) is 17.9. The average Bonchev–Trinajstić information content (AvgIpc) is 3.54. The first kappa shape index (κ1) is 23.8. The molecule has 5 nitrogen and oxygen atoms in total. The zero-order valence-electron chi connectivity index (χ0n) is 20.2. The number of amides is 2. The summed E-state index contributed by atoms with van der Waals surface area (Å²) in [5, 5.41) is 0.728. The maximum Gasteiger partial charge on any atom is 0.238 e. The Balaban J connectivity index is 1.47. The molecule has 2 aliphatic carbocycles. The summed E-state index contributed by atoms with van der Waals surface area (Å²) in [6.07, 6.45) is 4.15. The van der Waals surface area contributed by atoms with Crippen LogP contribution in [0.4, 0.5) is 5.69 Å². The number of nitrogens with zero attached hydrogens (tertiary/aromatic N) is 1. The van der Waals surface area contributed by atoms with Gasteiger partial charge in [-0.15, -0.1) is 0 Å². The molecule has 0 unspecified atom stereocenters. The minimum Gasteiger partial charge on any atom is -0.497 e. The highest BCUT2D eigenvalue weighted by atomic mass is 35.5. The van der Waals surface area contributed by atoms with Gasteiger partial charge in [0.1, 0.15) is 11.5 Å². The van der Waals surface area contributed by atoms with Crippen molar-refractivity contribution in [3.05, 3.63) is 106 Å². The third-order valence-electron chi connectivity index (χ3n) is 7.61. The number of ether oxygens (including phenoxy) is 2. The Labute approximate surface area is 224 Å². The Morgan fingerprint density at radius 1 is 0.730 bits per heavy atom. The number of carbonyl (C=O) groups excluding carboxylic acids is 2. The number of carbonyl (C=O) groups is 2. The number of methoxy groups -OCH3 is 2. The van der Waals surface area contributed by atoms with Crippen molar-refractivity contribution in [2.75, 3.05) is 19.1 Å². The number of hydrogen-bond acceptors (Lipinski definition) is 4. The van der Waals surface area contributed by atoms with Crippen LogP contribution < -0.4 is 14.4 Å². The molecule has 1 saturated carbocycles. The summed E-state index contributed by atoms with van der Waals surface area (Å²) in [5.74, 6) is -0.272. The van der Waals surface area contributed by atoms with E-state index in [9.17, 15) is 9.59 Å². The Kier molecular flexibility index (Phi) is 5.85. The van der Waals surface area contributed by atoms with Gasteiger partial charge in [0, 0.05) is 16.9 Å². The first-order valence-corrected chi connectivity index (χ1v) is 12.7. The summed E-state index contributed by atoms with van der Waals surface area (Å²) in [5.41, 5.74) is 4.49. The van der Waals surface area contributed by atoms with Gasteiger partial charge in [-0.1, -0.05) is 59.6 Å². The van der Waals surface area contributed by atoms with Crippen LogP contribution in [-0.4, -0.2) is 26.0 Å². The van der Waals surface area contributed by atoms with Crippen molar-refractivity contribution in [2.45, 2.75) is 0 Å². The van der Waals surface area contributed by atoms with Crippen LogP contribution >= 0.6 is 23.2 Å². The Morgan fingerprint density at radius 2 is 1.22 bits per heavy atom. The highest BCUT2D eigenvalue weighted by Crippen LogP contribution is 2.59. The summed E-state index contributed by atoms with van der Waals surface area (Å²) < 4.78 is 10.7. The number of allylic oxidation sites excluding steroid dienone is 3. The molecule has 6 rings (SSSR count). The molecule has 3 aliphatic rings. The highest BCUT2D eigenvalue weighted by molar-refractivity contribution is 6.38. The molecule has 7 heteroatoms. The van der Waals surface area contributed by atoms with E-state index in [0.29, 0.717) is 10.7 Å². The molecule has 0 aromatic heterocycles. The van der Waals surface area contributed by atoms with E-state index in [4.69, 9.17) is 32.7 Å². The van der Waals surface area contributed by atoms with Crippen molar-refractivity contribution < 1.29 is 19.1 Å². The normalized spacial score (nSPS) is 23.6. The van der Waals surface area contributed by atoms with Gasteiger partial charge in [-0.3, -0.25) is 9.59 Å². The lowest BCUT2D eigenvalue weighted by molar-refractivity contribution is -0.122. The van der Waals surface area contributed by atoms with Crippen molar-refractivity contribution in [1.82, 2.24) is 0 Å². The Hall–Kier alpha value is -3.54. The maximum atomic E-state index is 13.8. The predicted octanol–water partition coefficient (Wildman–Crippen LogP) is 6.43. The molecule has 2 bridgehead atoms. The van der Waals surface area contributed by atoms with E-state index in [-0.39, 0.29) is 28.7 Å². The zero-order chi connectivity index (χ0) is 25.8. The van der Waals surface area contributed by atoms with Crippen molar-refractivity contribution in [3.63, 3.8) is 0 Å². The molecule has 186 valence electrons. The van der Waals surface area contributed by atoms with Crippen LogP contribution in [0.25, 0.3) is 5.57 Å². The second-order valence-electron chi connectivity index (χ2n) is 9.38. The fourth-order valence-corrected chi connectivity index (χ4v) is 6.50. The third-order valence-corrected chi connectivity index (χ3v) is 8.15. The Morgan fingerprint density at radius 3 is 1.65 bits per heavy atom. The smallest absolute Gasteiger partial charge is 0.238 e. The van der Waals surface area contributed by atoms with Crippen molar-refractivity contribution in [3.8, 4) is 11.5 Å². The van der Waals surface area contributed by atoms with Crippen LogP contribution in [0.5, 0.6) is 11.5 Å². The van der Waals surface area contributed by atoms with E-state index in [2.05, 4.69) is 12.2 Å². The molecule has 1 heterocycles. The molecule has 37 heavy (non-hydrogen) atoms. The van der Waals surface area contributed by atoms with Gasteiger partial charge in [0.2, 0.25) is 11.8 Å². The minimum atomic E-state index is -0.476. The van der Waals surface area contributed by atoms with Crippen LogP contribution in [0.3, 0.4) is 0 Å². The molecule has 0 radical (unpaired) electrons. The van der Waals surface area contributed by atoms with Crippen molar-refractivity contribution >= 4 is 46.3 Å². The number of halogens is 2. The first-order valence-electron chi connectivity index (χ1n) is 12.0. The molecule has 2 fully saturated rings. The van der Waals surface area contributed by atoms with E-state index >= 15 is 0 Å². The van der Waals surface area contributed by atoms with E-state index in [1.165, 1.54) is 4.90 Å². The minimum absolute atomic E-state index is 0.193. The summed E-state index contributed by atoms with van der Waals surface area (Å²) >= 11 is 12.5. The number of benzene rings is 3. The molecule has 3 aromatic rings. The second kappa shape index (κ2) is 9.09. The maximum absolute atomic E-state index is 13.8. The van der Waals surface area contributed by atoms with Crippen LogP contribution in [-0.2, 0) is 9.59 Å². The monoisotopic (exact) mass is 531 g/mol. The van der Waals surface area contributed by atoms with Gasteiger partial charge >= 0.3 is 0 Å². The van der Waals surface area contributed by atoms with E-state index in [1.54, 1.807) is 32.4 Å². The summed E-state index contributed by atoms with van der Waals surface area (Å²) in [4.78, 5) is 28.8. The molecule has 1 aliphatic heterocycles. The summed E-state index contributed by atoms with van der Waals surface area (Å²) in [7, 11) is 3.27. The molecule has 0 N–H and O–H groups in total. The zero-order valence-corrected chi connectivity index (χ0v) is 21.7. The van der Waals surface area contributed by atoms with Crippen LogP contribution in [0.1, 0.15) is 11.1 Å². The van der Waals surface area contributed by atoms with E-state index in [1.807, 2.05) is 48.5 Å². The van der Waals surface area contributed by atoms with E-state index < -0.39 is 11.8 Å².